The van der Waals surface area contributed by atoms with Gasteiger partial charge in [-0.1, -0.05) is 35.5 Å². The maximum absolute atomic E-state index is 14.8. The second-order valence-electron chi connectivity index (χ2n) is 15.3. The zero-order valence-electron chi connectivity index (χ0n) is 28.6. The number of carboxylic acid groups (broad SMARTS) is 1. The first-order valence-corrected chi connectivity index (χ1v) is 16.5. The van der Waals surface area contributed by atoms with Crippen molar-refractivity contribution in [3.8, 4) is 17.2 Å². The molecule has 2 fully saturated rings. The molecule has 3 aliphatic carbocycles. The molecule has 1 saturated carbocycles. The molecule has 1 aromatic carbocycles. The number of allylic oxidation sites excluding steroid dienone is 5. The van der Waals surface area contributed by atoms with Gasteiger partial charge in [-0.2, -0.15) is 0 Å². The monoisotopic (exact) mass is 646 g/mol. The lowest BCUT2D eigenvalue weighted by Crippen LogP contribution is -2.72. The van der Waals surface area contributed by atoms with Gasteiger partial charge in [-0.05, 0) is 81.1 Å². The van der Waals surface area contributed by atoms with Crippen LogP contribution in [-0.2, 0) is 20.7 Å². The van der Waals surface area contributed by atoms with Crippen LogP contribution >= 0.6 is 0 Å². The summed E-state index contributed by atoms with van der Waals surface area (Å²) in [6, 6.07) is 0. The van der Waals surface area contributed by atoms with Crippen LogP contribution in [0.1, 0.15) is 115 Å². The molecule has 1 aromatic rings. The molecule has 0 amide bonds. The normalized spacial score (nSPS) is 32.7. The van der Waals surface area contributed by atoms with Crippen LogP contribution in [0.15, 0.2) is 46.6 Å². The summed E-state index contributed by atoms with van der Waals surface area (Å²) in [7, 11) is 0. The third-order valence-corrected chi connectivity index (χ3v) is 10.9. The molecule has 6 unspecified atom stereocenters. The summed E-state index contributed by atoms with van der Waals surface area (Å²) >= 11 is 0. The number of aliphatic hydroxyl groups is 1. The lowest BCUT2D eigenvalue weighted by atomic mass is 9.51. The second-order valence-corrected chi connectivity index (χ2v) is 15.3. The van der Waals surface area contributed by atoms with Crippen molar-refractivity contribution in [1.29, 1.82) is 0 Å². The minimum atomic E-state index is -1.67. The number of Topliss-reactive ketones (excluding diaryl/α,β-unsaturated/α-hetero) is 2. The van der Waals surface area contributed by atoms with E-state index in [9.17, 15) is 29.7 Å². The van der Waals surface area contributed by atoms with Crippen molar-refractivity contribution in [3.05, 3.63) is 63.3 Å². The van der Waals surface area contributed by atoms with E-state index < -0.39 is 52.1 Å². The minimum Gasteiger partial charge on any atom is -0.506 e. The van der Waals surface area contributed by atoms with E-state index >= 15 is 0 Å². The van der Waals surface area contributed by atoms with E-state index in [1.165, 1.54) is 18.6 Å². The predicted octanol–water partition coefficient (Wildman–Crippen LogP) is 6.65. The van der Waals surface area contributed by atoms with Crippen LogP contribution < -0.4 is 9.47 Å². The van der Waals surface area contributed by atoms with E-state index in [2.05, 4.69) is 6.08 Å². The lowest BCUT2D eigenvalue weighted by Gasteiger charge is -2.56. The van der Waals surface area contributed by atoms with Gasteiger partial charge < -0.3 is 29.5 Å². The molecule has 3 N–H and O–H groups in total. The van der Waals surface area contributed by atoms with Crippen molar-refractivity contribution >= 4 is 17.5 Å². The summed E-state index contributed by atoms with van der Waals surface area (Å²) in [6.07, 6.45) is 8.28. The molecule has 6 aliphatic rings. The largest absolute Gasteiger partial charge is 0.506 e. The third kappa shape index (κ3) is 4.75. The first-order valence-electron chi connectivity index (χ1n) is 16.5. The van der Waals surface area contributed by atoms with Gasteiger partial charge in [0.2, 0.25) is 0 Å². The van der Waals surface area contributed by atoms with Gasteiger partial charge in [-0.15, -0.1) is 0 Å². The Morgan fingerprint density at radius 3 is 2.32 bits per heavy atom. The highest BCUT2D eigenvalue weighted by Crippen LogP contribution is 2.69. The number of fused-ring (bicyclic) bond motifs is 2. The summed E-state index contributed by atoms with van der Waals surface area (Å²) in [5, 5.41) is 33.0. The molecule has 4 bridgehead atoms. The number of ketones is 2. The molecule has 9 nitrogen and oxygen atoms in total. The Morgan fingerprint density at radius 2 is 1.68 bits per heavy atom. The standard InChI is InChI=1S/C38H46O9/c1-19(2)10-9-14-36(8)18-25(39)27-30(41)28-29(40)24-16-22-17-26-35(6,7)47-37(33(22)42,15-13-21(5)34(43)44)38(24,26)46-32(28)23(31(27)45-36)12-11-20(3)4/h10-11,13,16,22,25-26,39,41H,9,12,14-15,17-18H2,1-8H3,(H,43,44)/b21-13+. The highest BCUT2D eigenvalue weighted by molar-refractivity contribution is 6.18. The number of carbonyl (C=O) groups excluding carboxylic acids is 2. The molecule has 9 heteroatoms. The summed E-state index contributed by atoms with van der Waals surface area (Å²) < 4.78 is 20.6. The van der Waals surface area contributed by atoms with Gasteiger partial charge >= 0.3 is 5.97 Å². The highest BCUT2D eigenvalue weighted by Gasteiger charge is 2.81. The Morgan fingerprint density at radius 1 is 1.00 bits per heavy atom. The fraction of sp³-hybridized carbons (Fsp3) is 0.553. The number of carbonyl (C=O) groups is 3. The van der Waals surface area contributed by atoms with Crippen molar-refractivity contribution in [1.82, 2.24) is 0 Å². The van der Waals surface area contributed by atoms with E-state index in [0.29, 0.717) is 18.4 Å². The van der Waals surface area contributed by atoms with E-state index in [0.717, 1.165) is 12.0 Å². The summed E-state index contributed by atoms with van der Waals surface area (Å²) in [6.45, 7) is 15.1. The number of phenolic OH excluding ortho intramolecular Hbond substituents is 1. The fourth-order valence-electron chi connectivity index (χ4n) is 8.64. The maximum Gasteiger partial charge on any atom is 0.330 e. The number of ether oxygens (including phenoxy) is 3. The van der Waals surface area contributed by atoms with Crippen LogP contribution in [0.5, 0.6) is 17.2 Å². The van der Waals surface area contributed by atoms with Crippen LogP contribution in [0.25, 0.3) is 0 Å². The van der Waals surface area contributed by atoms with Gasteiger partial charge in [0.15, 0.2) is 22.8 Å². The quantitative estimate of drug-likeness (QED) is 0.209. The average molecular weight is 647 g/mol. The smallest absolute Gasteiger partial charge is 0.330 e. The average Bonchev–Trinajstić information content (AvgIpc) is 3.11. The summed E-state index contributed by atoms with van der Waals surface area (Å²) in [5.74, 6) is -2.90. The number of rotatable bonds is 8. The molecule has 3 aliphatic heterocycles. The van der Waals surface area contributed by atoms with E-state index in [1.807, 2.05) is 54.5 Å². The Labute approximate surface area is 276 Å². The topological polar surface area (TPSA) is 140 Å². The Balaban J connectivity index is 1.60. The highest BCUT2D eigenvalue weighted by atomic mass is 16.6. The number of hydrogen-bond acceptors (Lipinski definition) is 8. The number of aliphatic hydroxyl groups excluding tert-OH is 1. The molecule has 3 heterocycles. The molecule has 7 rings (SSSR count). The van der Waals surface area contributed by atoms with Crippen LogP contribution in [0.2, 0.25) is 0 Å². The van der Waals surface area contributed by atoms with Gasteiger partial charge in [-0.25, -0.2) is 4.79 Å². The maximum atomic E-state index is 14.8. The molecule has 0 radical (unpaired) electrons. The second kappa shape index (κ2) is 10.9. The van der Waals surface area contributed by atoms with Gasteiger partial charge in [0, 0.05) is 41.4 Å². The zero-order chi connectivity index (χ0) is 34.4. The third-order valence-electron chi connectivity index (χ3n) is 10.9. The van der Waals surface area contributed by atoms with Crippen LogP contribution in [-0.4, -0.2) is 55.3 Å². The Bertz CT molecular complexity index is 1720. The van der Waals surface area contributed by atoms with Crippen molar-refractivity contribution in [2.24, 2.45) is 11.8 Å². The Kier molecular flexibility index (Phi) is 7.72. The van der Waals surface area contributed by atoms with Crippen molar-refractivity contribution in [3.63, 3.8) is 0 Å². The lowest BCUT2D eigenvalue weighted by molar-refractivity contribution is -0.171. The van der Waals surface area contributed by atoms with Gasteiger partial charge in [0.1, 0.15) is 28.4 Å². The van der Waals surface area contributed by atoms with Crippen molar-refractivity contribution in [2.75, 3.05) is 0 Å². The number of hydrogen-bond donors (Lipinski definition) is 3. The number of aliphatic carboxylic acids is 1. The molecule has 6 atom stereocenters. The van der Waals surface area contributed by atoms with Crippen LogP contribution in [0.4, 0.5) is 0 Å². The SMILES string of the molecule is CC(C)=CCCC1(C)CC(O)c2c(O)c3c(c(CC=C(C)C)c2O1)OC12C(=CC4CC1C(C)(C)OC2(C/C=C(\C)C(=O)O)C4=O)C3=O. The fourth-order valence-corrected chi connectivity index (χ4v) is 8.64. The molecular formula is C38H46O9. The summed E-state index contributed by atoms with van der Waals surface area (Å²) in [4.78, 5) is 40.9. The first-order chi connectivity index (χ1) is 21.9. The zero-order valence-corrected chi connectivity index (χ0v) is 28.6. The number of aromatic hydroxyl groups is 1. The number of phenols is 1. The molecule has 0 aromatic heterocycles. The summed E-state index contributed by atoms with van der Waals surface area (Å²) in [5.41, 5.74) is -1.83. The molecule has 47 heavy (non-hydrogen) atoms. The number of benzene rings is 1. The molecule has 1 saturated heterocycles. The van der Waals surface area contributed by atoms with Crippen molar-refractivity contribution in [2.45, 2.75) is 122 Å². The molecule has 1 spiro atoms. The van der Waals surface area contributed by atoms with E-state index in [-0.39, 0.29) is 64.6 Å². The minimum absolute atomic E-state index is 0.0497. The molecule has 252 valence electrons. The van der Waals surface area contributed by atoms with Crippen LogP contribution in [0, 0.1) is 11.8 Å². The van der Waals surface area contributed by atoms with E-state index in [4.69, 9.17) is 14.2 Å². The van der Waals surface area contributed by atoms with Crippen LogP contribution in [0.3, 0.4) is 0 Å². The predicted molar refractivity (Wildman–Crippen MR) is 175 cm³/mol. The van der Waals surface area contributed by atoms with Gasteiger partial charge in [0.25, 0.3) is 0 Å². The Hall–Kier alpha value is -3.69. The number of carboxylic acids is 1. The van der Waals surface area contributed by atoms with E-state index in [1.54, 1.807) is 6.08 Å². The van der Waals surface area contributed by atoms with Crippen molar-refractivity contribution < 1.29 is 43.9 Å². The van der Waals surface area contributed by atoms with Gasteiger partial charge in [0.05, 0.1) is 17.3 Å². The van der Waals surface area contributed by atoms with Gasteiger partial charge in [-0.3, -0.25) is 9.59 Å². The molecular weight excluding hydrogens is 600 g/mol. The first kappa shape index (κ1) is 33.2.